The molecule has 1 aromatic carbocycles. The summed E-state index contributed by atoms with van der Waals surface area (Å²) in [6, 6.07) is 7.63. The fourth-order valence-corrected chi connectivity index (χ4v) is 2.61. The quantitative estimate of drug-likeness (QED) is 0.663. The zero-order chi connectivity index (χ0) is 16.1. The van der Waals surface area contributed by atoms with E-state index in [0.29, 0.717) is 24.2 Å². The molecule has 1 aliphatic heterocycles. The molecule has 1 aromatic heterocycles. The molecule has 0 unspecified atom stereocenters. The summed E-state index contributed by atoms with van der Waals surface area (Å²) < 4.78 is 5.15. The Morgan fingerprint density at radius 1 is 1.26 bits per heavy atom. The molecule has 0 spiro atoms. The van der Waals surface area contributed by atoms with Crippen LogP contribution in [0.15, 0.2) is 29.3 Å². The minimum Gasteiger partial charge on any atom is -0.497 e. The van der Waals surface area contributed by atoms with Crippen molar-refractivity contribution in [2.75, 3.05) is 20.2 Å². The number of piperidine rings is 1. The van der Waals surface area contributed by atoms with Gasteiger partial charge in [-0.25, -0.2) is 9.98 Å². The Morgan fingerprint density at radius 2 is 2.00 bits per heavy atom. The predicted molar refractivity (Wildman–Crippen MR) is 89.1 cm³/mol. The third-order valence-electron chi connectivity index (χ3n) is 3.95. The maximum Gasteiger partial charge on any atom is 0.191 e. The van der Waals surface area contributed by atoms with E-state index in [1.54, 1.807) is 7.11 Å². The average Bonchev–Trinajstić information content (AvgIpc) is 3.09. The van der Waals surface area contributed by atoms with Crippen LogP contribution in [-0.4, -0.2) is 46.2 Å². The van der Waals surface area contributed by atoms with Crippen LogP contribution in [-0.2, 0) is 6.54 Å². The summed E-state index contributed by atoms with van der Waals surface area (Å²) in [4.78, 5) is 11.0. The van der Waals surface area contributed by atoms with Crippen LogP contribution in [0.2, 0.25) is 0 Å². The van der Waals surface area contributed by atoms with Crippen molar-refractivity contribution < 1.29 is 4.74 Å². The molecule has 0 bridgehead atoms. The SMILES string of the molecule is COc1ccc(-c2n[nH]c(CN=C(N)N3CCCCC3)n2)cc1. The van der Waals surface area contributed by atoms with E-state index >= 15 is 0 Å². The molecule has 7 heteroatoms. The number of ether oxygens (including phenoxy) is 1. The van der Waals surface area contributed by atoms with Gasteiger partial charge < -0.3 is 15.4 Å². The summed E-state index contributed by atoms with van der Waals surface area (Å²) in [5, 5.41) is 7.15. The number of hydrogen-bond acceptors (Lipinski definition) is 4. The van der Waals surface area contributed by atoms with E-state index in [0.717, 1.165) is 24.4 Å². The van der Waals surface area contributed by atoms with E-state index in [1.165, 1.54) is 19.3 Å². The second-order valence-corrected chi connectivity index (χ2v) is 5.56. The van der Waals surface area contributed by atoms with Crippen LogP contribution in [0.1, 0.15) is 25.1 Å². The third-order valence-corrected chi connectivity index (χ3v) is 3.95. The summed E-state index contributed by atoms with van der Waals surface area (Å²) in [6.45, 7) is 2.39. The molecule has 1 fully saturated rings. The van der Waals surface area contributed by atoms with Crippen molar-refractivity contribution in [2.45, 2.75) is 25.8 Å². The topological polar surface area (TPSA) is 92.4 Å². The maximum atomic E-state index is 6.05. The second-order valence-electron chi connectivity index (χ2n) is 5.56. The number of aromatic amines is 1. The first kappa shape index (κ1) is 15.3. The predicted octanol–water partition coefficient (Wildman–Crippen LogP) is 1.78. The van der Waals surface area contributed by atoms with Gasteiger partial charge in [0.2, 0.25) is 0 Å². The molecule has 23 heavy (non-hydrogen) atoms. The molecule has 3 N–H and O–H groups in total. The number of H-pyrrole nitrogens is 1. The lowest BCUT2D eigenvalue weighted by atomic mass is 10.1. The van der Waals surface area contributed by atoms with Crippen LogP contribution in [0.25, 0.3) is 11.4 Å². The van der Waals surface area contributed by atoms with Gasteiger partial charge in [-0.15, -0.1) is 0 Å². The Balaban J connectivity index is 1.64. The van der Waals surface area contributed by atoms with Crippen LogP contribution in [0, 0.1) is 0 Å². The minimum atomic E-state index is 0.408. The number of nitrogens with two attached hydrogens (primary N) is 1. The lowest BCUT2D eigenvalue weighted by Gasteiger charge is -2.27. The molecule has 3 rings (SSSR count). The molecule has 122 valence electrons. The van der Waals surface area contributed by atoms with Crippen LogP contribution in [0.3, 0.4) is 0 Å². The molecule has 1 saturated heterocycles. The molecule has 0 saturated carbocycles. The van der Waals surface area contributed by atoms with Gasteiger partial charge in [0, 0.05) is 18.7 Å². The van der Waals surface area contributed by atoms with E-state index in [-0.39, 0.29) is 0 Å². The lowest BCUT2D eigenvalue weighted by Crippen LogP contribution is -2.40. The van der Waals surface area contributed by atoms with Gasteiger partial charge in [0.25, 0.3) is 0 Å². The number of guanidine groups is 1. The molecule has 0 atom stereocenters. The monoisotopic (exact) mass is 314 g/mol. The van der Waals surface area contributed by atoms with Crippen molar-refractivity contribution in [3.05, 3.63) is 30.1 Å². The van der Waals surface area contributed by atoms with Gasteiger partial charge in [-0.05, 0) is 43.5 Å². The number of aromatic nitrogens is 3. The van der Waals surface area contributed by atoms with Crippen molar-refractivity contribution in [1.29, 1.82) is 0 Å². The number of nitrogens with zero attached hydrogens (tertiary/aromatic N) is 4. The summed E-state index contributed by atoms with van der Waals surface area (Å²) in [5.41, 5.74) is 6.98. The highest BCUT2D eigenvalue weighted by Gasteiger charge is 2.12. The van der Waals surface area contributed by atoms with Crippen molar-refractivity contribution in [3.8, 4) is 17.1 Å². The molecular formula is C16H22N6O. The van der Waals surface area contributed by atoms with Crippen LogP contribution in [0.4, 0.5) is 0 Å². The van der Waals surface area contributed by atoms with Crippen molar-refractivity contribution in [3.63, 3.8) is 0 Å². The Hall–Kier alpha value is -2.57. The number of rotatable bonds is 4. The van der Waals surface area contributed by atoms with E-state index < -0.39 is 0 Å². The summed E-state index contributed by atoms with van der Waals surface area (Å²) in [5.74, 6) is 2.75. The molecular weight excluding hydrogens is 292 g/mol. The molecule has 1 aliphatic rings. The van der Waals surface area contributed by atoms with E-state index in [1.807, 2.05) is 24.3 Å². The highest BCUT2D eigenvalue weighted by atomic mass is 16.5. The zero-order valence-electron chi connectivity index (χ0n) is 13.3. The first-order valence-corrected chi connectivity index (χ1v) is 7.87. The normalized spacial score (nSPS) is 15.7. The smallest absolute Gasteiger partial charge is 0.191 e. The van der Waals surface area contributed by atoms with Crippen LogP contribution in [0.5, 0.6) is 5.75 Å². The number of nitrogens with one attached hydrogen (secondary N) is 1. The van der Waals surface area contributed by atoms with Crippen LogP contribution < -0.4 is 10.5 Å². The van der Waals surface area contributed by atoms with E-state index in [4.69, 9.17) is 10.5 Å². The average molecular weight is 314 g/mol. The van der Waals surface area contributed by atoms with Crippen molar-refractivity contribution >= 4 is 5.96 Å². The van der Waals surface area contributed by atoms with Gasteiger partial charge in [-0.1, -0.05) is 0 Å². The Labute approximate surface area is 135 Å². The lowest BCUT2D eigenvalue weighted by molar-refractivity contribution is 0.338. The number of aliphatic imine (C=N–C) groups is 1. The van der Waals surface area contributed by atoms with E-state index in [2.05, 4.69) is 25.1 Å². The van der Waals surface area contributed by atoms with Crippen molar-refractivity contribution in [2.24, 2.45) is 10.7 Å². The third kappa shape index (κ3) is 3.80. The standard InChI is InChI=1S/C16H22N6O/c1-23-13-7-5-12(6-8-13)15-19-14(20-21-15)11-18-16(17)22-9-3-2-4-10-22/h5-8H,2-4,9-11H2,1H3,(H2,17,18)(H,19,20,21). The van der Waals surface area contributed by atoms with Gasteiger partial charge in [-0.2, -0.15) is 5.10 Å². The molecule has 7 nitrogen and oxygen atoms in total. The molecule has 0 amide bonds. The minimum absolute atomic E-state index is 0.408. The largest absolute Gasteiger partial charge is 0.497 e. The van der Waals surface area contributed by atoms with Gasteiger partial charge in [0.05, 0.1) is 7.11 Å². The summed E-state index contributed by atoms with van der Waals surface area (Å²) in [7, 11) is 1.64. The number of methoxy groups -OCH3 is 1. The van der Waals surface area contributed by atoms with Gasteiger partial charge >= 0.3 is 0 Å². The summed E-state index contributed by atoms with van der Waals surface area (Å²) >= 11 is 0. The number of hydrogen-bond donors (Lipinski definition) is 2. The van der Waals surface area contributed by atoms with Gasteiger partial charge in [-0.3, -0.25) is 5.10 Å². The maximum absolute atomic E-state index is 6.05. The Morgan fingerprint density at radius 3 is 2.70 bits per heavy atom. The Bertz CT molecular complexity index is 657. The number of benzene rings is 1. The molecule has 0 aliphatic carbocycles. The Kier molecular flexibility index (Phi) is 4.75. The second kappa shape index (κ2) is 7.13. The molecule has 2 aromatic rings. The fraction of sp³-hybridized carbons (Fsp3) is 0.438. The molecule has 0 radical (unpaired) electrons. The van der Waals surface area contributed by atoms with Crippen LogP contribution >= 0.6 is 0 Å². The molecule has 2 heterocycles. The highest BCUT2D eigenvalue weighted by Crippen LogP contribution is 2.19. The van der Waals surface area contributed by atoms with E-state index in [9.17, 15) is 0 Å². The number of likely N-dealkylation sites (tertiary alicyclic amines) is 1. The fourth-order valence-electron chi connectivity index (χ4n) is 2.61. The van der Waals surface area contributed by atoms with Gasteiger partial charge in [0.15, 0.2) is 11.8 Å². The first-order valence-electron chi connectivity index (χ1n) is 7.87. The first-order chi connectivity index (χ1) is 11.3. The zero-order valence-corrected chi connectivity index (χ0v) is 13.3. The summed E-state index contributed by atoms with van der Waals surface area (Å²) in [6.07, 6.45) is 3.64. The van der Waals surface area contributed by atoms with Gasteiger partial charge in [0.1, 0.15) is 18.1 Å². The van der Waals surface area contributed by atoms with Crippen molar-refractivity contribution in [1.82, 2.24) is 20.1 Å². The highest BCUT2D eigenvalue weighted by molar-refractivity contribution is 5.78.